The highest BCUT2D eigenvalue weighted by Crippen LogP contribution is 2.48. The molecule has 0 fully saturated rings. The molecule has 2 heterocycles. The summed E-state index contributed by atoms with van der Waals surface area (Å²) in [5.41, 5.74) is 15.9. The Hall–Kier alpha value is -6.58. The van der Waals surface area contributed by atoms with Crippen LogP contribution in [0.3, 0.4) is 0 Å². The van der Waals surface area contributed by atoms with Gasteiger partial charge in [0, 0.05) is 33.0 Å². The largest absolute Gasteiger partial charge is 0.308 e. The lowest BCUT2D eigenvalue weighted by molar-refractivity contribution is 0.571. The minimum atomic E-state index is -0.196. The van der Waals surface area contributed by atoms with Crippen LogP contribution in [-0.2, 0) is 21.7 Å². The lowest BCUT2D eigenvalue weighted by Gasteiger charge is -2.29. The van der Waals surface area contributed by atoms with Crippen molar-refractivity contribution in [3.8, 4) is 22.5 Å². The van der Waals surface area contributed by atoms with Gasteiger partial charge in [0.05, 0.1) is 28.1 Å². The average molecular weight is 852 g/mol. The molecular formula is C62H65N3. The molecule has 0 aliphatic rings. The van der Waals surface area contributed by atoms with E-state index in [4.69, 9.17) is 16.5 Å². The van der Waals surface area contributed by atoms with Crippen LogP contribution >= 0.6 is 0 Å². The summed E-state index contributed by atoms with van der Waals surface area (Å²) in [5.74, 6) is 0.579. The molecule has 0 aliphatic heterocycles. The monoisotopic (exact) mass is 852 g/mol. The van der Waals surface area contributed by atoms with E-state index in [9.17, 15) is 0 Å². The van der Waals surface area contributed by atoms with Crippen molar-refractivity contribution in [3.63, 3.8) is 0 Å². The summed E-state index contributed by atoms with van der Waals surface area (Å²) in [6.07, 6.45) is 4.59. The van der Waals surface area contributed by atoms with Gasteiger partial charge in [-0.2, -0.15) is 0 Å². The second kappa shape index (κ2) is 17.1. The van der Waals surface area contributed by atoms with Crippen LogP contribution in [0.2, 0.25) is 0 Å². The van der Waals surface area contributed by atoms with Crippen molar-refractivity contribution >= 4 is 44.7 Å². The highest BCUT2D eigenvalue weighted by molar-refractivity contribution is 6.19. The molecule has 0 N–H and O–H groups in total. The third-order valence-corrected chi connectivity index (χ3v) is 12.5. The van der Waals surface area contributed by atoms with Crippen molar-refractivity contribution < 1.29 is 0 Å². The normalized spacial score (nSPS) is 13.2. The van der Waals surface area contributed by atoms with Gasteiger partial charge in [-0.3, -0.25) is 0 Å². The molecule has 0 amide bonds. The first-order valence-electron chi connectivity index (χ1n) is 23.1. The Morgan fingerprint density at radius 2 is 0.877 bits per heavy atom. The van der Waals surface area contributed by atoms with Gasteiger partial charge in [0.25, 0.3) is 0 Å². The summed E-state index contributed by atoms with van der Waals surface area (Å²) in [7, 11) is 0. The Bertz CT molecular complexity index is 2930. The van der Waals surface area contributed by atoms with Crippen molar-refractivity contribution in [1.82, 2.24) is 14.5 Å². The van der Waals surface area contributed by atoms with Crippen LogP contribution in [0.5, 0.6) is 0 Å². The lowest BCUT2D eigenvalue weighted by Crippen LogP contribution is -2.19. The molecule has 0 bridgehead atoms. The first-order chi connectivity index (χ1) is 30.7. The van der Waals surface area contributed by atoms with Crippen LogP contribution < -0.4 is 0 Å². The molecule has 0 spiro atoms. The van der Waals surface area contributed by atoms with E-state index < -0.39 is 0 Å². The third kappa shape index (κ3) is 9.34. The molecule has 3 nitrogen and oxygen atoms in total. The number of nitrogens with zero attached hydrogens (tertiary/aromatic N) is 3. The number of allylic oxidation sites excluding steroid dienone is 4. The Kier molecular flexibility index (Phi) is 11.8. The van der Waals surface area contributed by atoms with E-state index in [1.807, 2.05) is 12.1 Å². The molecule has 6 aromatic carbocycles. The highest BCUT2D eigenvalue weighted by atomic mass is 15.0. The zero-order chi connectivity index (χ0) is 46.5. The summed E-state index contributed by atoms with van der Waals surface area (Å²) in [5, 5.41) is 2.54. The molecule has 2 aromatic heterocycles. The molecule has 0 aliphatic carbocycles. The average Bonchev–Trinajstić information content (AvgIpc) is 3.60. The maximum Gasteiger partial charge on any atom is 0.159 e. The van der Waals surface area contributed by atoms with E-state index in [1.165, 1.54) is 44.1 Å². The summed E-state index contributed by atoms with van der Waals surface area (Å²) in [6.45, 7) is 33.0. The topological polar surface area (TPSA) is 30.7 Å². The van der Waals surface area contributed by atoms with Crippen molar-refractivity contribution in [3.05, 3.63) is 204 Å². The molecule has 8 aromatic rings. The molecule has 0 saturated carbocycles. The number of rotatable bonds is 8. The Balaban J connectivity index is 1.55. The van der Waals surface area contributed by atoms with Crippen LogP contribution in [-0.4, -0.2) is 14.5 Å². The number of benzene rings is 6. The van der Waals surface area contributed by atoms with Crippen molar-refractivity contribution in [2.75, 3.05) is 0 Å². The molecule has 0 saturated heterocycles. The van der Waals surface area contributed by atoms with Gasteiger partial charge in [0.1, 0.15) is 0 Å². The van der Waals surface area contributed by atoms with Crippen LogP contribution in [0.15, 0.2) is 164 Å². The quantitative estimate of drug-likeness (QED) is 0.143. The van der Waals surface area contributed by atoms with Gasteiger partial charge in [-0.15, -0.1) is 0 Å². The first kappa shape index (κ1) is 45.0. The molecule has 3 heteroatoms. The van der Waals surface area contributed by atoms with E-state index >= 15 is 0 Å². The van der Waals surface area contributed by atoms with Gasteiger partial charge in [0.15, 0.2) is 5.82 Å². The summed E-state index contributed by atoms with van der Waals surface area (Å²) >= 11 is 0. The van der Waals surface area contributed by atoms with Gasteiger partial charge in [-0.1, -0.05) is 223 Å². The van der Waals surface area contributed by atoms with Crippen LogP contribution in [0.1, 0.15) is 122 Å². The van der Waals surface area contributed by atoms with E-state index in [0.29, 0.717) is 5.82 Å². The van der Waals surface area contributed by atoms with Crippen LogP contribution in [0.25, 0.3) is 67.2 Å². The zero-order valence-corrected chi connectivity index (χ0v) is 40.6. The van der Waals surface area contributed by atoms with Gasteiger partial charge < -0.3 is 4.57 Å². The molecule has 8 rings (SSSR count). The standard InChI is InChI=1S/C62H65N3/c1-41(58-63-53(44-30-22-16-23-31-44)40-54(64-58)45-32-24-17-25-33-45)34-48(43-28-20-15-21-29-43)55(35-42-26-18-14-19-27-42)65-56-49(36-46(59(2,3)4)38-51(56)61(8,9)10)50-37-47(60(5,6)7)39-52(57(50)65)62(11,12)13/h14-40H,1H2,2-13H3/b48-34-,55-35-. The Labute approximate surface area is 388 Å². The predicted molar refractivity (Wildman–Crippen MR) is 281 cm³/mol. The molecule has 0 atom stereocenters. The number of aromatic nitrogens is 3. The minimum absolute atomic E-state index is 0.0699. The first-order valence-corrected chi connectivity index (χ1v) is 23.1. The van der Waals surface area contributed by atoms with E-state index in [0.717, 1.165) is 50.5 Å². The summed E-state index contributed by atoms with van der Waals surface area (Å²) < 4.78 is 2.61. The number of hydrogen-bond acceptors (Lipinski definition) is 2. The molecule has 0 unspecified atom stereocenters. The summed E-state index contributed by atoms with van der Waals surface area (Å²) in [4.78, 5) is 10.5. The fourth-order valence-electron chi connectivity index (χ4n) is 8.76. The van der Waals surface area contributed by atoms with E-state index in [2.05, 4.69) is 239 Å². The van der Waals surface area contributed by atoms with E-state index in [-0.39, 0.29) is 21.7 Å². The molecular weight excluding hydrogens is 787 g/mol. The fourth-order valence-corrected chi connectivity index (χ4v) is 8.76. The van der Waals surface area contributed by atoms with Gasteiger partial charge >= 0.3 is 0 Å². The molecule has 328 valence electrons. The molecule has 65 heavy (non-hydrogen) atoms. The predicted octanol–water partition coefficient (Wildman–Crippen LogP) is 16.9. The fraction of sp³-hybridized carbons (Fsp3) is 0.258. The highest BCUT2D eigenvalue weighted by Gasteiger charge is 2.32. The Morgan fingerprint density at radius 1 is 0.477 bits per heavy atom. The second-order valence-corrected chi connectivity index (χ2v) is 21.8. The second-order valence-electron chi connectivity index (χ2n) is 21.8. The van der Waals surface area contributed by atoms with Crippen molar-refractivity contribution in [1.29, 1.82) is 0 Å². The third-order valence-electron chi connectivity index (χ3n) is 12.5. The SMILES string of the molecule is C=C(/C=C(\C(=C\c1ccccc1)n1c2c(C(C)(C)C)cc(C(C)(C)C)cc2c2cc(C(C)(C)C)cc(C(C)(C)C)c21)c1ccccc1)c1nc(-c2ccccc2)cc(-c2ccccc2)n1. The van der Waals surface area contributed by atoms with Gasteiger partial charge in [-0.25, -0.2) is 9.97 Å². The minimum Gasteiger partial charge on any atom is -0.308 e. The maximum absolute atomic E-state index is 5.26. The lowest BCUT2D eigenvalue weighted by atomic mass is 9.78. The van der Waals surface area contributed by atoms with Gasteiger partial charge in [0.2, 0.25) is 0 Å². The number of fused-ring (bicyclic) bond motifs is 3. The van der Waals surface area contributed by atoms with Crippen LogP contribution in [0.4, 0.5) is 0 Å². The summed E-state index contributed by atoms with van der Waals surface area (Å²) in [6, 6.07) is 54.3. The van der Waals surface area contributed by atoms with Crippen molar-refractivity contribution in [2.24, 2.45) is 0 Å². The van der Waals surface area contributed by atoms with E-state index in [1.54, 1.807) is 0 Å². The van der Waals surface area contributed by atoms with Crippen molar-refractivity contribution in [2.45, 2.75) is 105 Å². The number of hydrogen-bond donors (Lipinski definition) is 0. The zero-order valence-electron chi connectivity index (χ0n) is 40.6. The smallest absolute Gasteiger partial charge is 0.159 e. The van der Waals surface area contributed by atoms with Crippen LogP contribution in [0, 0.1) is 0 Å². The van der Waals surface area contributed by atoms with Gasteiger partial charge in [-0.05, 0) is 85.4 Å². The Morgan fingerprint density at radius 3 is 1.28 bits per heavy atom. The maximum atomic E-state index is 5.26. The molecule has 0 radical (unpaired) electrons.